The molecule has 0 amide bonds. The van der Waals surface area contributed by atoms with Crippen molar-refractivity contribution in [2.75, 3.05) is 6.26 Å². The van der Waals surface area contributed by atoms with Crippen molar-refractivity contribution in [1.82, 2.24) is 0 Å². The molecule has 0 bridgehead atoms. The molecule has 0 aliphatic heterocycles. The molecule has 0 spiro atoms. The van der Waals surface area contributed by atoms with Gasteiger partial charge in [0.1, 0.15) is 0 Å². The second kappa shape index (κ2) is 4.72. The average molecular weight is 107 g/mol. The summed E-state index contributed by atoms with van der Waals surface area (Å²) in [6, 6.07) is 0. The molecule has 1 unspecified atom stereocenters. The Balaban J connectivity index is 3.25. The Hall–Kier alpha value is 0.570. The van der Waals surface area contributed by atoms with Gasteiger partial charge in [0.25, 0.3) is 0 Å². The first-order chi connectivity index (χ1) is 3.27. The van der Waals surface area contributed by atoms with E-state index in [-0.39, 0.29) is 0 Å². The van der Waals surface area contributed by atoms with E-state index in [1.165, 1.54) is 0 Å². The Bertz CT molecular complexity index is 79.8. The van der Waals surface area contributed by atoms with E-state index >= 15 is 0 Å². The molecule has 0 aliphatic carbocycles. The fraction of sp³-hybridized carbons (Fsp3) is 1.00. The van der Waals surface area contributed by atoms with E-state index in [4.69, 9.17) is 0 Å². The topological polar surface area (TPSA) is 23.1 Å². The van der Waals surface area contributed by atoms with Crippen LogP contribution in [-0.4, -0.2) is 37.6 Å². The Labute approximate surface area is 49.3 Å². The molecule has 1 nitrogen and oxygen atoms in total. The molecule has 7 heavy (non-hydrogen) atoms. The zero-order valence-corrected chi connectivity index (χ0v) is 5.07. The Morgan fingerprint density at radius 2 is 2.29 bits per heavy atom. The van der Waals surface area contributed by atoms with Crippen LogP contribution in [0.5, 0.6) is 0 Å². The van der Waals surface area contributed by atoms with Crippen LogP contribution in [0.15, 0.2) is 0 Å². The van der Waals surface area contributed by atoms with Crippen LogP contribution in [0.2, 0.25) is 0 Å². The van der Waals surface area contributed by atoms with Crippen LogP contribution in [0.25, 0.3) is 0 Å². The quantitative estimate of drug-likeness (QED) is 0.297. The molecule has 0 rings (SSSR count). The normalized spacial score (nSPS) is 11.6. The van der Waals surface area contributed by atoms with Crippen LogP contribution in [0.3, 0.4) is 0 Å². The molecule has 0 saturated heterocycles. The van der Waals surface area contributed by atoms with Gasteiger partial charge in [-0.3, -0.25) is 0 Å². The van der Waals surface area contributed by atoms with Crippen molar-refractivity contribution in [3.05, 3.63) is 0 Å². The Morgan fingerprint density at radius 3 is 2.43 bits per heavy atom. The minimum atomic E-state index is -0.817. The van der Waals surface area contributed by atoms with Gasteiger partial charge < -0.3 is 0 Å². The third-order valence-electron chi connectivity index (χ3n) is 0.406. The summed E-state index contributed by atoms with van der Waals surface area (Å²) < 4.78 is 10.2. The monoisotopic (exact) mass is 108 g/mol. The van der Waals surface area contributed by atoms with Crippen LogP contribution in [0, 0.1) is 0 Å². The zero-order chi connectivity index (χ0) is 5.70. The van der Waals surface area contributed by atoms with Gasteiger partial charge in [-0.25, -0.2) is 0 Å². The van der Waals surface area contributed by atoms with Gasteiger partial charge in [-0.1, -0.05) is 0 Å². The summed E-state index contributed by atoms with van der Waals surface area (Å²) in [6.45, 7) is 3.26. The Kier molecular flexibility index (Phi) is 5.11. The van der Waals surface area contributed by atoms with E-state index in [0.29, 0.717) is 0 Å². The summed E-state index contributed by atoms with van der Waals surface area (Å²) in [5.74, 6) is 0. The summed E-state index contributed by atoms with van der Waals surface area (Å²) in [4.78, 5) is 0. The molecule has 0 N–H and O–H groups in total. The van der Waals surface area contributed by atoms with Gasteiger partial charge in [0, 0.05) is 0 Å². The molecular formula is CH4B4OS. The molecule has 0 aliphatic rings. The molecule has 0 aromatic rings. The maximum atomic E-state index is 10.2. The van der Waals surface area contributed by atoms with Crippen molar-refractivity contribution >= 4 is 37.9 Å². The number of rotatable bonds is 2. The summed E-state index contributed by atoms with van der Waals surface area (Å²) in [6.07, 6.45) is 3.19. The molecule has 0 aromatic carbocycles. The van der Waals surface area contributed by atoms with Gasteiger partial charge in [0.15, 0.2) is 0 Å². The summed E-state index contributed by atoms with van der Waals surface area (Å²) in [5, 5.41) is 0. The molecule has 6 heteroatoms. The van der Waals surface area contributed by atoms with Gasteiger partial charge in [-0.05, 0) is 0 Å². The van der Waals surface area contributed by atoms with Crippen LogP contribution < -0.4 is 0 Å². The van der Waals surface area contributed by atoms with Crippen molar-refractivity contribution in [2.45, 2.75) is 0 Å². The molecule has 0 radical (unpaired) electrons. The van der Waals surface area contributed by atoms with Crippen molar-refractivity contribution < 1.29 is 4.55 Å². The van der Waals surface area contributed by atoms with Gasteiger partial charge in [-0.15, -0.1) is 0 Å². The standard InChI is InChI=1S/CH4B4OS/c1-7(6)5-4-3-2/h2H,1H3. The van der Waals surface area contributed by atoms with Crippen molar-refractivity contribution in [1.29, 1.82) is 0 Å². The second-order valence-corrected chi connectivity index (χ2v) is 2.33. The Morgan fingerprint density at radius 1 is 1.71 bits per heavy atom. The molecule has 32 valence electrons. The fourth-order valence-corrected chi connectivity index (χ4v) is 0.499. The summed E-state index contributed by atoms with van der Waals surface area (Å²) in [5.41, 5.74) is 0. The first kappa shape index (κ1) is 7.57. The van der Waals surface area contributed by atoms with Crippen LogP contribution in [-0.2, 0) is 11.0 Å². The van der Waals surface area contributed by atoms with Crippen LogP contribution >= 0.6 is 0 Å². The minimum absolute atomic E-state index is 0.817. The first-order valence-electron chi connectivity index (χ1n) is 1.89. The molecular weight excluding hydrogens is 103 g/mol. The van der Waals surface area contributed by atoms with Gasteiger partial charge >= 0.3 is 48.7 Å². The molecule has 0 aromatic heterocycles. The molecule has 0 fully saturated rings. The van der Waals surface area contributed by atoms with E-state index in [1.807, 2.05) is 0 Å². The predicted molar refractivity (Wildman–Crippen MR) is 38.5 cm³/mol. The molecule has 0 saturated carbocycles. The van der Waals surface area contributed by atoms with E-state index in [9.17, 15) is 4.55 Å². The third kappa shape index (κ3) is 6.57. The van der Waals surface area contributed by atoms with Crippen LogP contribution in [0.1, 0.15) is 0 Å². The van der Waals surface area contributed by atoms with Gasteiger partial charge in [-0.2, -0.15) is 0 Å². The predicted octanol–water partition coefficient (Wildman–Crippen LogP) is -1.96. The first-order valence-corrected chi connectivity index (χ1v) is 3.51. The van der Waals surface area contributed by atoms with Gasteiger partial charge in [0.2, 0.25) is 0 Å². The summed E-state index contributed by atoms with van der Waals surface area (Å²) >= 11 is -0.817. The van der Waals surface area contributed by atoms with Crippen LogP contribution in [0.4, 0.5) is 0 Å². The molecule has 0 heterocycles. The molecule has 1 atom stereocenters. The van der Waals surface area contributed by atoms with Crippen molar-refractivity contribution in [3.63, 3.8) is 0 Å². The van der Waals surface area contributed by atoms with E-state index in [0.717, 1.165) is 0 Å². The van der Waals surface area contributed by atoms with Crippen molar-refractivity contribution in [3.8, 4) is 0 Å². The van der Waals surface area contributed by atoms with E-state index in [2.05, 4.69) is 7.37 Å². The maximum absolute atomic E-state index is 10.2. The number of hydrogen-bond acceptors (Lipinski definition) is 1. The third-order valence-corrected chi connectivity index (χ3v) is 0.947. The summed E-state index contributed by atoms with van der Waals surface area (Å²) in [7, 11) is 3.41. The van der Waals surface area contributed by atoms with Crippen molar-refractivity contribution in [2.24, 2.45) is 0 Å². The van der Waals surface area contributed by atoms with E-state index in [1.54, 1.807) is 25.7 Å². The fourth-order valence-electron chi connectivity index (χ4n) is 0.166. The number of hydrogen-bond donors (Lipinski definition) is 0. The second-order valence-electron chi connectivity index (χ2n) is 1.06. The zero-order valence-electron chi connectivity index (χ0n) is 4.26. The average Bonchev–Trinajstić information content (AvgIpc) is 1.61. The van der Waals surface area contributed by atoms with E-state index < -0.39 is 11.0 Å². The SMILES string of the molecule is B=BB=B[S+](C)[O-]. The van der Waals surface area contributed by atoms with Gasteiger partial charge in [0.05, 0.1) is 0 Å².